The lowest BCUT2D eigenvalue weighted by Crippen LogP contribution is -2.43. The summed E-state index contributed by atoms with van der Waals surface area (Å²) in [4.78, 5) is 43.3. The number of nitrogens with zero attached hydrogens (tertiary/aromatic N) is 3. The van der Waals surface area contributed by atoms with Crippen LogP contribution in [0.15, 0.2) is 33.8 Å². The van der Waals surface area contributed by atoms with E-state index >= 15 is 0 Å². The number of carbonyl (C=O) groups excluding carboxylic acids is 2. The summed E-state index contributed by atoms with van der Waals surface area (Å²) in [5.74, 6) is 0.0870. The van der Waals surface area contributed by atoms with Crippen LogP contribution in [0.5, 0.6) is 0 Å². The highest BCUT2D eigenvalue weighted by molar-refractivity contribution is 9.10. The van der Waals surface area contributed by atoms with Crippen LogP contribution in [-0.2, 0) is 16.1 Å². The Bertz CT molecular complexity index is 919. The molecular weight excluding hydrogens is 424 g/mol. The number of halogens is 1. The van der Waals surface area contributed by atoms with Gasteiger partial charge in [0.05, 0.1) is 17.2 Å². The molecule has 0 radical (unpaired) electrons. The molecule has 3 rings (SSSR count). The van der Waals surface area contributed by atoms with Crippen molar-refractivity contribution in [2.24, 2.45) is 5.92 Å². The number of aromatic nitrogens is 2. The molecule has 1 saturated heterocycles. The van der Waals surface area contributed by atoms with Crippen LogP contribution in [0.3, 0.4) is 0 Å². The zero-order valence-electron chi connectivity index (χ0n) is 16.0. The third-order valence-corrected chi connectivity index (χ3v) is 5.61. The molecule has 0 atom stereocenters. The summed E-state index contributed by atoms with van der Waals surface area (Å²) in [6, 6.07) is 5.38. The summed E-state index contributed by atoms with van der Waals surface area (Å²) < 4.78 is 2.30. The van der Waals surface area contributed by atoms with Gasteiger partial charge in [-0.1, -0.05) is 22.9 Å². The Morgan fingerprint density at radius 1 is 1.29 bits per heavy atom. The largest absolute Gasteiger partial charge is 0.356 e. The Morgan fingerprint density at radius 2 is 2.04 bits per heavy atom. The van der Waals surface area contributed by atoms with Crippen LogP contribution in [0.25, 0.3) is 10.9 Å². The minimum atomic E-state index is -0.148. The van der Waals surface area contributed by atoms with Crippen molar-refractivity contribution in [2.75, 3.05) is 19.6 Å². The number of carbonyl (C=O) groups is 2. The van der Waals surface area contributed by atoms with E-state index in [-0.39, 0.29) is 29.7 Å². The highest BCUT2D eigenvalue weighted by atomic mass is 79.9. The number of rotatable bonds is 6. The van der Waals surface area contributed by atoms with Crippen molar-refractivity contribution >= 4 is 38.6 Å². The number of amides is 2. The summed E-state index contributed by atoms with van der Waals surface area (Å²) >= 11 is 3.37. The number of hydrogen-bond acceptors (Lipinski definition) is 4. The Labute approximate surface area is 172 Å². The molecule has 2 heterocycles. The summed E-state index contributed by atoms with van der Waals surface area (Å²) in [6.07, 6.45) is 4.03. The van der Waals surface area contributed by atoms with Crippen molar-refractivity contribution in [3.8, 4) is 0 Å². The first-order chi connectivity index (χ1) is 13.5. The zero-order chi connectivity index (χ0) is 20.1. The molecule has 0 saturated carbocycles. The van der Waals surface area contributed by atoms with E-state index in [0.29, 0.717) is 49.9 Å². The molecule has 150 valence electrons. The van der Waals surface area contributed by atoms with E-state index in [2.05, 4.69) is 26.2 Å². The van der Waals surface area contributed by atoms with Crippen LogP contribution in [0.1, 0.15) is 32.6 Å². The van der Waals surface area contributed by atoms with Crippen LogP contribution < -0.4 is 10.9 Å². The number of hydrogen-bond donors (Lipinski definition) is 1. The molecule has 7 nitrogen and oxygen atoms in total. The first-order valence-corrected chi connectivity index (χ1v) is 10.5. The maximum atomic E-state index is 12.6. The molecule has 2 amide bonds. The van der Waals surface area contributed by atoms with Gasteiger partial charge >= 0.3 is 0 Å². The number of aryl methyl sites for hydroxylation is 1. The minimum absolute atomic E-state index is 0.00801. The molecule has 1 fully saturated rings. The SMILES string of the molecule is CCCNC(=O)C1CCN(C(=O)CCn2cnc3ccc(Br)cc3c2=O)CC1. The summed E-state index contributed by atoms with van der Waals surface area (Å²) in [6.45, 7) is 4.19. The maximum absolute atomic E-state index is 12.6. The molecule has 0 aliphatic carbocycles. The topological polar surface area (TPSA) is 84.3 Å². The third kappa shape index (κ3) is 4.79. The molecule has 0 bridgehead atoms. The van der Waals surface area contributed by atoms with Crippen LogP contribution in [-0.4, -0.2) is 45.9 Å². The smallest absolute Gasteiger partial charge is 0.261 e. The van der Waals surface area contributed by atoms with E-state index < -0.39 is 0 Å². The summed E-state index contributed by atoms with van der Waals surface area (Å²) in [7, 11) is 0. The zero-order valence-corrected chi connectivity index (χ0v) is 17.6. The average Bonchev–Trinajstić information content (AvgIpc) is 2.71. The van der Waals surface area contributed by atoms with Crippen molar-refractivity contribution in [3.05, 3.63) is 39.4 Å². The monoisotopic (exact) mass is 448 g/mol. The van der Waals surface area contributed by atoms with Gasteiger partial charge in [0.25, 0.3) is 5.56 Å². The molecule has 28 heavy (non-hydrogen) atoms. The molecule has 0 spiro atoms. The predicted octanol–water partition coefficient (Wildman–Crippen LogP) is 2.31. The number of likely N-dealkylation sites (tertiary alicyclic amines) is 1. The van der Waals surface area contributed by atoms with E-state index in [4.69, 9.17) is 0 Å². The number of benzene rings is 1. The summed E-state index contributed by atoms with van der Waals surface area (Å²) in [5.41, 5.74) is 0.490. The Balaban J connectivity index is 1.55. The Hall–Kier alpha value is -2.22. The van der Waals surface area contributed by atoms with Gasteiger partial charge < -0.3 is 10.2 Å². The number of fused-ring (bicyclic) bond motifs is 1. The molecule has 2 aromatic rings. The fourth-order valence-corrected chi connectivity index (χ4v) is 3.81. The maximum Gasteiger partial charge on any atom is 0.261 e. The first kappa shape index (κ1) is 20.5. The lowest BCUT2D eigenvalue weighted by atomic mass is 9.95. The van der Waals surface area contributed by atoms with Crippen molar-refractivity contribution in [1.29, 1.82) is 0 Å². The second-order valence-corrected chi connectivity index (χ2v) is 8.02. The van der Waals surface area contributed by atoms with Gasteiger partial charge in [0, 0.05) is 43.0 Å². The fraction of sp³-hybridized carbons (Fsp3) is 0.500. The first-order valence-electron chi connectivity index (χ1n) is 9.69. The molecule has 1 aliphatic rings. The number of nitrogens with one attached hydrogen (secondary N) is 1. The van der Waals surface area contributed by atoms with Gasteiger partial charge in [0.1, 0.15) is 0 Å². The van der Waals surface area contributed by atoms with Crippen LogP contribution >= 0.6 is 15.9 Å². The third-order valence-electron chi connectivity index (χ3n) is 5.12. The average molecular weight is 449 g/mol. The van der Waals surface area contributed by atoms with Crippen molar-refractivity contribution in [1.82, 2.24) is 19.8 Å². The van der Waals surface area contributed by atoms with Crippen LogP contribution in [0, 0.1) is 5.92 Å². The van der Waals surface area contributed by atoms with Gasteiger partial charge in [-0.2, -0.15) is 0 Å². The standard InChI is InChI=1S/C20H25BrN4O3/c1-2-8-22-19(27)14-5-9-24(10-6-14)18(26)7-11-25-13-23-17-4-3-15(21)12-16(17)20(25)28/h3-4,12-14H,2,5-11H2,1H3,(H,22,27). The molecule has 1 aromatic carbocycles. The van der Waals surface area contributed by atoms with Gasteiger partial charge in [0.15, 0.2) is 0 Å². The second kappa shape index (κ2) is 9.32. The van der Waals surface area contributed by atoms with E-state index in [1.807, 2.05) is 13.0 Å². The minimum Gasteiger partial charge on any atom is -0.356 e. The van der Waals surface area contributed by atoms with Crippen molar-refractivity contribution in [3.63, 3.8) is 0 Å². The van der Waals surface area contributed by atoms with Gasteiger partial charge in [-0.15, -0.1) is 0 Å². The Morgan fingerprint density at radius 3 is 2.75 bits per heavy atom. The van der Waals surface area contributed by atoms with Gasteiger partial charge in [0.2, 0.25) is 11.8 Å². The quantitative estimate of drug-likeness (QED) is 0.734. The number of piperidine rings is 1. The highest BCUT2D eigenvalue weighted by Gasteiger charge is 2.26. The highest BCUT2D eigenvalue weighted by Crippen LogP contribution is 2.18. The van der Waals surface area contributed by atoms with Gasteiger partial charge in [-0.05, 0) is 37.5 Å². The van der Waals surface area contributed by atoms with Crippen molar-refractivity contribution in [2.45, 2.75) is 39.2 Å². The molecule has 8 heteroatoms. The molecule has 0 unspecified atom stereocenters. The normalized spacial score (nSPS) is 15.0. The van der Waals surface area contributed by atoms with Crippen molar-refractivity contribution < 1.29 is 9.59 Å². The second-order valence-electron chi connectivity index (χ2n) is 7.10. The lowest BCUT2D eigenvalue weighted by Gasteiger charge is -2.31. The fourth-order valence-electron chi connectivity index (χ4n) is 3.45. The molecule has 1 aromatic heterocycles. The van der Waals surface area contributed by atoms with E-state index in [1.54, 1.807) is 17.0 Å². The Kier molecular flexibility index (Phi) is 6.83. The molecular formula is C20H25BrN4O3. The lowest BCUT2D eigenvalue weighted by molar-refractivity contribution is -0.135. The molecule has 1 N–H and O–H groups in total. The van der Waals surface area contributed by atoms with E-state index in [1.165, 1.54) is 10.9 Å². The van der Waals surface area contributed by atoms with Gasteiger partial charge in [-0.3, -0.25) is 19.0 Å². The summed E-state index contributed by atoms with van der Waals surface area (Å²) in [5, 5.41) is 3.46. The predicted molar refractivity (Wildman–Crippen MR) is 111 cm³/mol. The van der Waals surface area contributed by atoms with E-state index in [0.717, 1.165) is 10.9 Å². The van der Waals surface area contributed by atoms with Crippen LogP contribution in [0.2, 0.25) is 0 Å². The van der Waals surface area contributed by atoms with E-state index in [9.17, 15) is 14.4 Å². The van der Waals surface area contributed by atoms with Crippen LogP contribution in [0.4, 0.5) is 0 Å². The van der Waals surface area contributed by atoms with Gasteiger partial charge in [-0.25, -0.2) is 4.98 Å². The molecule has 1 aliphatic heterocycles.